The fraction of sp³-hybridized carbons (Fsp3) is 0.735. The Labute approximate surface area is 222 Å². The van der Waals surface area contributed by atoms with Crippen LogP contribution in [0.4, 0.5) is 0 Å². The molecule has 3 aliphatic rings. The van der Waals surface area contributed by atoms with Crippen LogP contribution in [-0.4, -0.2) is 5.97 Å². The minimum Gasteiger partial charge on any atom is -0.434 e. The molecular formula is C34H54O2. The highest BCUT2D eigenvalue weighted by Gasteiger charge is 2.48. The predicted molar refractivity (Wildman–Crippen MR) is 154 cm³/mol. The molecule has 0 bridgehead atoms. The molecular weight excluding hydrogens is 440 g/mol. The molecule has 36 heavy (non-hydrogen) atoms. The van der Waals surface area contributed by atoms with Gasteiger partial charge in [0.25, 0.3) is 0 Å². The van der Waals surface area contributed by atoms with E-state index < -0.39 is 5.41 Å². The second kappa shape index (κ2) is 17.0. The van der Waals surface area contributed by atoms with E-state index in [1.807, 2.05) is 0 Å². The summed E-state index contributed by atoms with van der Waals surface area (Å²) < 4.78 is 5.85. The topological polar surface area (TPSA) is 26.3 Å². The Morgan fingerprint density at radius 1 is 0.556 bits per heavy atom. The van der Waals surface area contributed by atoms with Gasteiger partial charge in [0.15, 0.2) is 0 Å². The van der Waals surface area contributed by atoms with Crippen molar-refractivity contribution in [2.75, 3.05) is 0 Å². The van der Waals surface area contributed by atoms with Crippen LogP contribution in [0.3, 0.4) is 0 Å². The number of carbonyl (C=O) groups is 1. The zero-order valence-corrected chi connectivity index (χ0v) is 23.3. The van der Waals surface area contributed by atoms with Crippen molar-refractivity contribution in [3.05, 3.63) is 47.8 Å². The van der Waals surface area contributed by atoms with Crippen LogP contribution in [0.1, 0.15) is 154 Å². The van der Waals surface area contributed by atoms with Gasteiger partial charge in [0.05, 0.1) is 6.26 Å². The van der Waals surface area contributed by atoms with E-state index in [-0.39, 0.29) is 5.97 Å². The molecule has 0 heterocycles. The van der Waals surface area contributed by atoms with Crippen LogP contribution in [0.5, 0.6) is 0 Å². The lowest BCUT2D eigenvalue weighted by Gasteiger charge is -2.40. The Morgan fingerprint density at radius 2 is 0.861 bits per heavy atom. The molecule has 0 spiro atoms. The monoisotopic (exact) mass is 494 g/mol. The number of esters is 1. The van der Waals surface area contributed by atoms with E-state index in [4.69, 9.17) is 4.74 Å². The summed E-state index contributed by atoms with van der Waals surface area (Å²) in [4.78, 5) is 14.4. The second-order valence-electron chi connectivity index (χ2n) is 11.5. The summed E-state index contributed by atoms with van der Waals surface area (Å²) in [5.41, 5.74) is 3.33. The van der Waals surface area contributed by atoms with Crippen molar-refractivity contribution in [3.8, 4) is 0 Å². The number of rotatable bonds is 5. The Bertz CT molecular complexity index is 670. The maximum Gasteiger partial charge on any atom is 0.329 e. The normalized spacial score (nSPS) is 27.1. The first-order valence-electron chi connectivity index (χ1n) is 15.7. The van der Waals surface area contributed by atoms with Gasteiger partial charge in [0.1, 0.15) is 5.41 Å². The van der Waals surface area contributed by atoms with Crippen molar-refractivity contribution >= 4 is 5.97 Å². The average Bonchev–Trinajstić information content (AvgIpc) is 2.90. The maximum absolute atomic E-state index is 14.4. The Morgan fingerprint density at radius 3 is 1.19 bits per heavy atom. The van der Waals surface area contributed by atoms with Gasteiger partial charge >= 0.3 is 5.97 Å². The highest BCUT2D eigenvalue weighted by molar-refractivity contribution is 5.89. The minimum absolute atomic E-state index is 0.0765. The Hall–Kier alpha value is -1.57. The molecule has 0 aliphatic heterocycles. The van der Waals surface area contributed by atoms with Crippen LogP contribution < -0.4 is 0 Å². The minimum atomic E-state index is -0.716. The van der Waals surface area contributed by atoms with Crippen LogP contribution in [0, 0.1) is 5.41 Å². The first-order valence-corrected chi connectivity index (χ1v) is 15.7. The molecule has 0 aromatic rings. The average molecular weight is 495 g/mol. The van der Waals surface area contributed by atoms with E-state index in [2.05, 4.69) is 24.8 Å². The van der Waals surface area contributed by atoms with Gasteiger partial charge in [-0.15, -0.1) is 0 Å². The Kier molecular flexibility index (Phi) is 13.7. The smallest absolute Gasteiger partial charge is 0.329 e. The Balaban J connectivity index is 2.17. The van der Waals surface area contributed by atoms with Crippen LogP contribution >= 0.6 is 0 Å². The molecule has 0 N–H and O–H groups in total. The zero-order valence-electron chi connectivity index (χ0n) is 23.3. The van der Waals surface area contributed by atoms with E-state index >= 15 is 0 Å². The molecule has 202 valence electrons. The van der Waals surface area contributed by atoms with Crippen molar-refractivity contribution in [2.45, 2.75) is 154 Å². The molecule has 2 nitrogen and oxygen atoms in total. The molecule has 0 saturated heterocycles. The number of hydrogen-bond donors (Lipinski definition) is 0. The molecule has 0 atom stereocenters. The molecule has 3 rings (SSSR count). The fourth-order valence-electron chi connectivity index (χ4n) is 6.83. The largest absolute Gasteiger partial charge is 0.434 e. The van der Waals surface area contributed by atoms with Gasteiger partial charge in [-0.05, 0) is 93.8 Å². The molecule has 0 fully saturated rings. The summed E-state index contributed by atoms with van der Waals surface area (Å²) in [5.74, 6) is -0.0765. The lowest BCUT2D eigenvalue weighted by Crippen LogP contribution is -2.39. The number of hydrogen-bond acceptors (Lipinski definition) is 2. The summed E-state index contributed by atoms with van der Waals surface area (Å²) in [6, 6.07) is 0. The third kappa shape index (κ3) is 8.49. The third-order valence-electron chi connectivity index (χ3n) is 8.81. The lowest BCUT2D eigenvalue weighted by atomic mass is 9.63. The van der Waals surface area contributed by atoms with E-state index in [1.165, 1.54) is 139 Å². The van der Waals surface area contributed by atoms with Gasteiger partial charge in [0.2, 0.25) is 0 Å². The molecule has 2 heteroatoms. The van der Waals surface area contributed by atoms with E-state index in [0.29, 0.717) is 0 Å². The van der Waals surface area contributed by atoms with Crippen LogP contribution in [0.25, 0.3) is 0 Å². The molecule has 0 amide bonds. The van der Waals surface area contributed by atoms with Gasteiger partial charge in [0, 0.05) is 0 Å². The van der Waals surface area contributed by atoms with E-state index in [1.54, 1.807) is 0 Å². The third-order valence-corrected chi connectivity index (χ3v) is 8.81. The second-order valence-corrected chi connectivity index (χ2v) is 11.5. The fourth-order valence-corrected chi connectivity index (χ4v) is 6.83. The number of carbonyl (C=O) groups excluding carboxylic acids is 1. The quantitative estimate of drug-likeness (QED) is 0.216. The summed E-state index contributed by atoms with van der Waals surface area (Å²) >= 11 is 0. The van der Waals surface area contributed by atoms with Crippen molar-refractivity contribution < 1.29 is 9.53 Å². The first kappa shape index (κ1) is 29.0. The summed E-state index contributed by atoms with van der Waals surface area (Å²) in [6.07, 6.45) is 38.1. The molecule has 0 aromatic heterocycles. The molecule has 0 unspecified atom stereocenters. The highest BCUT2D eigenvalue weighted by atomic mass is 16.5. The molecule has 3 aliphatic carbocycles. The molecule has 0 saturated carbocycles. The van der Waals surface area contributed by atoms with Gasteiger partial charge in [-0.2, -0.15) is 0 Å². The van der Waals surface area contributed by atoms with Gasteiger partial charge in [-0.3, -0.25) is 0 Å². The summed E-state index contributed by atoms with van der Waals surface area (Å²) in [6.45, 7) is 3.83. The number of ether oxygens (including phenoxy) is 1. The molecule has 0 aromatic carbocycles. The van der Waals surface area contributed by atoms with Gasteiger partial charge in [-0.1, -0.05) is 102 Å². The molecule has 0 radical (unpaired) electrons. The van der Waals surface area contributed by atoms with Crippen LogP contribution in [0.2, 0.25) is 0 Å². The van der Waals surface area contributed by atoms with Gasteiger partial charge < -0.3 is 4.74 Å². The standard InChI is InChI=1S/C34H54O2/c1-2-36-33(35)34(30-24-18-12-6-3-7-13-19-25-30,31-26-20-14-8-4-9-15-21-27-31)32-28-22-16-10-5-11-17-23-29-32/h2,24,26,28H,1,3-23,25,27,29H2/b30-24+,31-26+,32-28+. The van der Waals surface area contributed by atoms with Crippen LogP contribution in [0.15, 0.2) is 47.8 Å². The SMILES string of the molecule is C=COC(=O)C(/C1=C/CCCCCCCC1)(/C1=C/CCCCCCCC1)/C1=C/CCCCCCCC1. The predicted octanol–water partition coefficient (Wildman–Crippen LogP) is 10.8. The van der Waals surface area contributed by atoms with Crippen molar-refractivity contribution in [2.24, 2.45) is 5.41 Å². The van der Waals surface area contributed by atoms with Gasteiger partial charge in [-0.25, -0.2) is 4.79 Å². The number of allylic oxidation sites excluding steroid dienone is 3. The summed E-state index contributed by atoms with van der Waals surface area (Å²) in [7, 11) is 0. The lowest BCUT2D eigenvalue weighted by molar-refractivity contribution is -0.144. The summed E-state index contributed by atoms with van der Waals surface area (Å²) in [5, 5.41) is 0. The van der Waals surface area contributed by atoms with Crippen molar-refractivity contribution in [1.29, 1.82) is 0 Å². The van der Waals surface area contributed by atoms with E-state index in [0.717, 1.165) is 38.5 Å². The van der Waals surface area contributed by atoms with Crippen molar-refractivity contribution in [1.82, 2.24) is 0 Å². The first-order chi connectivity index (χ1) is 17.8. The highest BCUT2D eigenvalue weighted by Crippen LogP contribution is 2.51. The van der Waals surface area contributed by atoms with Crippen LogP contribution in [-0.2, 0) is 9.53 Å². The zero-order chi connectivity index (χ0) is 25.3. The maximum atomic E-state index is 14.4. The van der Waals surface area contributed by atoms with E-state index in [9.17, 15) is 4.79 Å². The van der Waals surface area contributed by atoms with Crippen molar-refractivity contribution in [3.63, 3.8) is 0 Å².